The van der Waals surface area contributed by atoms with E-state index in [0.717, 1.165) is 0 Å². The maximum atomic E-state index is 12.2. The van der Waals surface area contributed by atoms with Crippen molar-refractivity contribution in [2.45, 2.75) is 45.2 Å². The van der Waals surface area contributed by atoms with Gasteiger partial charge in [0, 0.05) is 18.6 Å². The monoisotopic (exact) mass is 240 g/mol. The number of hydrogen-bond acceptors (Lipinski definition) is 2. The van der Waals surface area contributed by atoms with Crippen LogP contribution in [0.25, 0.3) is 0 Å². The molecule has 2 aliphatic rings. The second kappa shape index (κ2) is 3.89. The first-order chi connectivity index (χ1) is 7.80. The van der Waals surface area contributed by atoms with E-state index in [1.165, 1.54) is 0 Å². The lowest BCUT2D eigenvalue weighted by atomic mass is 9.92. The second-order valence-electron chi connectivity index (χ2n) is 5.97. The van der Waals surface area contributed by atoms with E-state index in [0.29, 0.717) is 25.9 Å². The SMILES string of the molecule is CC(C)(C)N1CC2CC(C(=O)O)CCN2C1=O. The lowest BCUT2D eigenvalue weighted by Gasteiger charge is -2.32. The zero-order valence-corrected chi connectivity index (χ0v) is 10.6. The van der Waals surface area contributed by atoms with E-state index in [1.807, 2.05) is 30.6 Å². The van der Waals surface area contributed by atoms with Gasteiger partial charge >= 0.3 is 12.0 Å². The number of carbonyl (C=O) groups excluding carboxylic acids is 1. The van der Waals surface area contributed by atoms with Crippen LogP contribution < -0.4 is 0 Å². The van der Waals surface area contributed by atoms with Crippen molar-refractivity contribution in [3.63, 3.8) is 0 Å². The topological polar surface area (TPSA) is 60.9 Å². The molecule has 2 unspecified atom stereocenters. The molecular formula is C12H20N2O3. The van der Waals surface area contributed by atoms with Gasteiger partial charge in [-0.25, -0.2) is 4.79 Å². The quantitative estimate of drug-likeness (QED) is 0.753. The van der Waals surface area contributed by atoms with Gasteiger partial charge < -0.3 is 14.9 Å². The largest absolute Gasteiger partial charge is 0.481 e. The third-order valence-electron chi connectivity index (χ3n) is 3.74. The molecule has 0 spiro atoms. The second-order valence-corrected chi connectivity index (χ2v) is 5.97. The Morgan fingerprint density at radius 3 is 2.59 bits per heavy atom. The molecule has 0 aromatic heterocycles. The average molecular weight is 240 g/mol. The van der Waals surface area contributed by atoms with Crippen molar-refractivity contribution in [3.05, 3.63) is 0 Å². The van der Waals surface area contributed by atoms with Gasteiger partial charge in [-0.3, -0.25) is 4.79 Å². The standard InChI is InChI=1S/C12H20N2O3/c1-12(2,3)14-7-9-6-8(10(15)16)4-5-13(9)11(14)17/h8-9H,4-7H2,1-3H3,(H,15,16). The number of nitrogens with zero attached hydrogens (tertiary/aromatic N) is 2. The number of rotatable bonds is 1. The number of carbonyl (C=O) groups is 2. The Morgan fingerprint density at radius 2 is 2.06 bits per heavy atom. The van der Waals surface area contributed by atoms with Gasteiger partial charge in [-0.15, -0.1) is 0 Å². The van der Waals surface area contributed by atoms with Crippen LogP contribution in [0.1, 0.15) is 33.6 Å². The normalized spacial score (nSPS) is 29.5. The lowest BCUT2D eigenvalue weighted by molar-refractivity contribution is -0.143. The number of fused-ring (bicyclic) bond motifs is 1. The molecular weight excluding hydrogens is 220 g/mol. The molecule has 5 heteroatoms. The molecule has 2 atom stereocenters. The summed E-state index contributed by atoms with van der Waals surface area (Å²) in [5.41, 5.74) is -0.187. The van der Waals surface area contributed by atoms with E-state index in [-0.39, 0.29) is 23.5 Å². The molecule has 2 amide bonds. The molecule has 0 aromatic carbocycles. The van der Waals surface area contributed by atoms with Crippen LogP contribution in [0.4, 0.5) is 4.79 Å². The molecule has 0 aromatic rings. The van der Waals surface area contributed by atoms with Gasteiger partial charge in [0.15, 0.2) is 0 Å². The number of hydrogen-bond donors (Lipinski definition) is 1. The van der Waals surface area contributed by atoms with Crippen LogP contribution in [0, 0.1) is 5.92 Å². The minimum atomic E-state index is -0.730. The third-order valence-corrected chi connectivity index (χ3v) is 3.74. The van der Waals surface area contributed by atoms with Crippen LogP contribution in [0.15, 0.2) is 0 Å². The van der Waals surface area contributed by atoms with E-state index >= 15 is 0 Å². The molecule has 2 saturated heterocycles. The van der Waals surface area contributed by atoms with Crippen molar-refractivity contribution >= 4 is 12.0 Å². The molecule has 96 valence electrons. The van der Waals surface area contributed by atoms with Gasteiger partial charge in [-0.2, -0.15) is 0 Å². The highest BCUT2D eigenvalue weighted by Gasteiger charge is 2.45. The van der Waals surface area contributed by atoms with Gasteiger partial charge in [0.1, 0.15) is 0 Å². The molecule has 2 fully saturated rings. The fraction of sp³-hybridized carbons (Fsp3) is 0.833. The number of aliphatic carboxylic acids is 1. The highest BCUT2D eigenvalue weighted by Crippen LogP contribution is 2.32. The summed E-state index contributed by atoms with van der Waals surface area (Å²) < 4.78 is 0. The number of carboxylic acids is 1. The van der Waals surface area contributed by atoms with E-state index in [9.17, 15) is 9.59 Å². The number of amides is 2. The summed E-state index contributed by atoms with van der Waals surface area (Å²) >= 11 is 0. The molecule has 5 nitrogen and oxygen atoms in total. The van der Waals surface area contributed by atoms with Crippen molar-refractivity contribution < 1.29 is 14.7 Å². The molecule has 2 aliphatic heterocycles. The molecule has 17 heavy (non-hydrogen) atoms. The molecule has 0 radical (unpaired) electrons. The Balaban J connectivity index is 2.11. The fourth-order valence-electron chi connectivity index (χ4n) is 2.70. The highest BCUT2D eigenvalue weighted by atomic mass is 16.4. The first-order valence-corrected chi connectivity index (χ1v) is 6.11. The van der Waals surface area contributed by atoms with Crippen molar-refractivity contribution in [2.24, 2.45) is 5.92 Å². The Kier molecular flexibility index (Phi) is 2.79. The van der Waals surface area contributed by atoms with Crippen molar-refractivity contribution in [2.75, 3.05) is 13.1 Å². The van der Waals surface area contributed by atoms with Crippen LogP contribution >= 0.6 is 0 Å². The van der Waals surface area contributed by atoms with E-state index in [2.05, 4.69) is 0 Å². The van der Waals surface area contributed by atoms with Crippen molar-refractivity contribution in [1.29, 1.82) is 0 Å². The lowest BCUT2D eigenvalue weighted by Crippen LogP contribution is -2.45. The summed E-state index contributed by atoms with van der Waals surface area (Å²) in [5.74, 6) is -1.02. The molecule has 0 saturated carbocycles. The van der Waals surface area contributed by atoms with Crippen LogP contribution in [0.5, 0.6) is 0 Å². The van der Waals surface area contributed by atoms with Crippen molar-refractivity contribution in [3.8, 4) is 0 Å². The predicted molar refractivity (Wildman–Crippen MR) is 62.7 cm³/mol. The summed E-state index contributed by atoms with van der Waals surface area (Å²) in [5, 5.41) is 9.03. The smallest absolute Gasteiger partial charge is 0.320 e. The van der Waals surface area contributed by atoms with E-state index < -0.39 is 5.97 Å². The molecule has 0 bridgehead atoms. The summed E-state index contributed by atoms with van der Waals surface area (Å²) in [6, 6.07) is 0.142. The van der Waals surface area contributed by atoms with Crippen LogP contribution in [-0.4, -0.2) is 51.6 Å². The van der Waals surface area contributed by atoms with E-state index in [4.69, 9.17) is 5.11 Å². The van der Waals surface area contributed by atoms with Crippen LogP contribution in [0.3, 0.4) is 0 Å². The molecule has 2 rings (SSSR count). The Morgan fingerprint density at radius 1 is 1.41 bits per heavy atom. The number of carboxylic acid groups (broad SMARTS) is 1. The number of piperidine rings is 1. The van der Waals surface area contributed by atoms with E-state index in [1.54, 1.807) is 0 Å². The van der Waals surface area contributed by atoms with Crippen molar-refractivity contribution in [1.82, 2.24) is 9.80 Å². The average Bonchev–Trinajstić information content (AvgIpc) is 2.55. The maximum Gasteiger partial charge on any atom is 0.320 e. The Labute approximate surface area is 101 Å². The maximum absolute atomic E-state index is 12.2. The van der Waals surface area contributed by atoms with Gasteiger partial charge in [-0.1, -0.05) is 0 Å². The minimum absolute atomic E-state index is 0.0614. The predicted octanol–water partition coefficient (Wildman–Crippen LogP) is 1.39. The summed E-state index contributed by atoms with van der Waals surface area (Å²) in [4.78, 5) is 26.8. The van der Waals surface area contributed by atoms with Gasteiger partial charge in [0.2, 0.25) is 0 Å². The molecule has 0 aliphatic carbocycles. The van der Waals surface area contributed by atoms with Gasteiger partial charge in [0.25, 0.3) is 0 Å². The van der Waals surface area contributed by atoms with Crippen LogP contribution in [0.2, 0.25) is 0 Å². The Hall–Kier alpha value is -1.26. The third kappa shape index (κ3) is 2.10. The van der Waals surface area contributed by atoms with Gasteiger partial charge in [0.05, 0.1) is 12.0 Å². The fourth-order valence-corrected chi connectivity index (χ4v) is 2.70. The summed E-state index contributed by atoms with van der Waals surface area (Å²) in [6.45, 7) is 7.27. The minimum Gasteiger partial charge on any atom is -0.481 e. The first-order valence-electron chi connectivity index (χ1n) is 6.11. The van der Waals surface area contributed by atoms with Crippen LogP contribution in [-0.2, 0) is 4.79 Å². The first kappa shape index (κ1) is 12.2. The highest BCUT2D eigenvalue weighted by molar-refractivity contribution is 5.79. The summed E-state index contributed by atoms with van der Waals surface area (Å²) in [6.07, 6.45) is 1.17. The zero-order chi connectivity index (χ0) is 12.8. The molecule has 1 N–H and O–H groups in total. The molecule has 2 heterocycles. The Bertz CT molecular complexity index is 348. The summed E-state index contributed by atoms with van der Waals surface area (Å²) in [7, 11) is 0. The van der Waals surface area contributed by atoms with Gasteiger partial charge in [-0.05, 0) is 33.6 Å². The zero-order valence-electron chi connectivity index (χ0n) is 10.6. The number of urea groups is 1.